The van der Waals surface area contributed by atoms with Crippen molar-refractivity contribution in [3.63, 3.8) is 0 Å². The van der Waals surface area contributed by atoms with Crippen LogP contribution in [0.3, 0.4) is 0 Å². The molecule has 0 saturated heterocycles. The molecule has 4 nitrogen and oxygen atoms in total. The van der Waals surface area contributed by atoms with E-state index < -0.39 is 0 Å². The lowest BCUT2D eigenvalue weighted by Crippen LogP contribution is -2.18. The van der Waals surface area contributed by atoms with E-state index in [1.165, 1.54) is 17.4 Å². The Hall–Kier alpha value is -1.50. The van der Waals surface area contributed by atoms with Crippen LogP contribution in [-0.4, -0.2) is 24.1 Å². The van der Waals surface area contributed by atoms with Crippen LogP contribution < -0.4 is 10.1 Å². The number of aromatic nitrogens is 1. The van der Waals surface area contributed by atoms with Gasteiger partial charge in [-0.05, 0) is 26.1 Å². The molecule has 22 heavy (non-hydrogen) atoms. The van der Waals surface area contributed by atoms with Crippen LogP contribution in [0.5, 0.6) is 0 Å². The molecule has 0 unspecified atom stereocenters. The molecule has 0 spiro atoms. The van der Waals surface area contributed by atoms with Crippen LogP contribution in [0.4, 0.5) is 4.39 Å². The Morgan fingerprint density at radius 2 is 2.18 bits per heavy atom. The van der Waals surface area contributed by atoms with Gasteiger partial charge in [-0.15, -0.1) is 23.7 Å². The average Bonchev–Trinajstić information content (AvgIpc) is 2.89. The molecular formula is C15H19ClFN3OS. The number of nitrogens with zero attached hydrogens (tertiary/aromatic N) is 2. The molecule has 0 aliphatic rings. The van der Waals surface area contributed by atoms with Crippen molar-refractivity contribution in [2.45, 2.75) is 19.4 Å². The summed E-state index contributed by atoms with van der Waals surface area (Å²) in [5.74, 6) is -0.391. The van der Waals surface area contributed by atoms with E-state index in [-0.39, 0.29) is 24.1 Å². The number of carbonyl (C=O) groups is 1. The average molecular weight is 344 g/mol. The third kappa shape index (κ3) is 5.36. The van der Waals surface area contributed by atoms with Gasteiger partial charge in [0.1, 0.15) is 5.82 Å². The van der Waals surface area contributed by atoms with E-state index in [9.17, 15) is 9.18 Å². The zero-order valence-corrected chi connectivity index (χ0v) is 13.9. The minimum atomic E-state index is -0.248. The zero-order chi connectivity index (χ0) is 15.1. The molecular weight excluding hydrogens is 325 g/mol. The molecule has 1 N–H and O–H groups in total. The number of rotatable bonds is 6. The second-order valence-corrected chi connectivity index (χ2v) is 5.49. The summed E-state index contributed by atoms with van der Waals surface area (Å²) in [5, 5.41) is 4.84. The number of hydrogen-bond acceptors (Lipinski definition) is 3. The Morgan fingerprint density at radius 1 is 1.41 bits per heavy atom. The Kier molecular flexibility index (Phi) is 8.01. The van der Waals surface area contributed by atoms with Crippen molar-refractivity contribution in [2.75, 3.05) is 13.6 Å². The predicted octanol–water partition coefficient (Wildman–Crippen LogP) is 2.59. The fourth-order valence-corrected chi connectivity index (χ4v) is 2.64. The number of amides is 1. The molecule has 0 bridgehead atoms. The molecule has 0 aliphatic heterocycles. The van der Waals surface area contributed by atoms with Gasteiger partial charge < -0.3 is 9.88 Å². The van der Waals surface area contributed by atoms with Crippen LogP contribution in [0, 0.1) is 5.82 Å². The lowest BCUT2D eigenvalue weighted by Gasteiger charge is -2.04. The van der Waals surface area contributed by atoms with Gasteiger partial charge in [0, 0.05) is 23.6 Å². The highest BCUT2D eigenvalue weighted by Crippen LogP contribution is 2.08. The van der Waals surface area contributed by atoms with Gasteiger partial charge in [-0.1, -0.05) is 18.2 Å². The Labute approximate surface area is 139 Å². The molecule has 0 fully saturated rings. The van der Waals surface area contributed by atoms with Gasteiger partial charge in [-0.2, -0.15) is 4.99 Å². The minimum absolute atomic E-state index is 0. The smallest absolute Gasteiger partial charge is 0.248 e. The maximum Gasteiger partial charge on any atom is 0.248 e. The number of halogens is 2. The SMILES string of the molecule is CNCCCC(=O)N=c1sccn1Cc1ccccc1F.Cl. The summed E-state index contributed by atoms with van der Waals surface area (Å²) in [7, 11) is 1.85. The number of nitrogens with one attached hydrogen (secondary N) is 1. The van der Waals surface area contributed by atoms with E-state index in [2.05, 4.69) is 10.3 Å². The summed E-state index contributed by atoms with van der Waals surface area (Å²) in [4.78, 5) is 16.5. The topological polar surface area (TPSA) is 46.4 Å². The highest BCUT2D eigenvalue weighted by atomic mass is 35.5. The Bertz CT molecular complexity index is 669. The zero-order valence-electron chi connectivity index (χ0n) is 12.3. The molecule has 0 aliphatic carbocycles. The van der Waals surface area contributed by atoms with Crippen LogP contribution in [0.25, 0.3) is 0 Å². The molecule has 1 heterocycles. The number of hydrogen-bond donors (Lipinski definition) is 1. The van der Waals surface area contributed by atoms with Crippen molar-refractivity contribution in [3.05, 3.63) is 52.0 Å². The van der Waals surface area contributed by atoms with E-state index in [0.717, 1.165) is 13.0 Å². The molecule has 120 valence electrons. The first-order valence-corrected chi connectivity index (χ1v) is 7.68. The summed E-state index contributed by atoms with van der Waals surface area (Å²) < 4.78 is 15.5. The van der Waals surface area contributed by atoms with Crippen molar-refractivity contribution in [1.82, 2.24) is 9.88 Å². The first kappa shape index (κ1) is 18.5. The van der Waals surface area contributed by atoms with Crippen LogP contribution >= 0.6 is 23.7 Å². The highest BCUT2D eigenvalue weighted by molar-refractivity contribution is 7.07. The molecule has 1 aromatic carbocycles. The minimum Gasteiger partial charge on any atom is -0.320 e. The van der Waals surface area contributed by atoms with Crippen molar-refractivity contribution in [1.29, 1.82) is 0 Å². The van der Waals surface area contributed by atoms with Gasteiger partial charge in [-0.25, -0.2) is 4.39 Å². The normalized spacial score (nSPS) is 11.3. The number of benzene rings is 1. The van der Waals surface area contributed by atoms with Crippen molar-refractivity contribution < 1.29 is 9.18 Å². The first-order valence-electron chi connectivity index (χ1n) is 6.80. The number of thiazole rings is 1. The van der Waals surface area contributed by atoms with Gasteiger partial charge >= 0.3 is 0 Å². The number of carbonyl (C=O) groups excluding carboxylic acids is 1. The molecule has 1 amide bonds. The van der Waals surface area contributed by atoms with E-state index in [4.69, 9.17) is 0 Å². The summed E-state index contributed by atoms with van der Waals surface area (Å²) in [6, 6.07) is 6.62. The van der Waals surface area contributed by atoms with Gasteiger partial charge in [0.05, 0.1) is 6.54 Å². The van der Waals surface area contributed by atoms with E-state index in [0.29, 0.717) is 23.3 Å². The standard InChI is InChI=1S/C15H18FN3OS.ClH/c1-17-8-4-7-14(20)18-15-19(9-10-21-15)11-12-5-2-3-6-13(12)16;/h2-3,5-6,9-10,17H,4,7-8,11H2,1H3;1H. The largest absolute Gasteiger partial charge is 0.320 e. The quantitative estimate of drug-likeness (QED) is 0.819. The lowest BCUT2D eigenvalue weighted by atomic mass is 10.2. The molecule has 2 rings (SSSR count). The van der Waals surface area contributed by atoms with E-state index in [1.54, 1.807) is 22.8 Å². The van der Waals surface area contributed by atoms with Crippen molar-refractivity contribution in [2.24, 2.45) is 4.99 Å². The molecule has 0 atom stereocenters. The second kappa shape index (κ2) is 9.50. The molecule has 0 radical (unpaired) electrons. The maximum absolute atomic E-state index is 13.7. The maximum atomic E-state index is 13.7. The Morgan fingerprint density at radius 3 is 2.91 bits per heavy atom. The monoisotopic (exact) mass is 343 g/mol. The lowest BCUT2D eigenvalue weighted by molar-refractivity contribution is -0.118. The van der Waals surface area contributed by atoms with Crippen LogP contribution in [0.15, 0.2) is 40.8 Å². The highest BCUT2D eigenvalue weighted by Gasteiger charge is 2.05. The van der Waals surface area contributed by atoms with Crippen LogP contribution in [0.1, 0.15) is 18.4 Å². The fraction of sp³-hybridized carbons (Fsp3) is 0.333. The van der Waals surface area contributed by atoms with Gasteiger partial charge in [0.15, 0.2) is 4.80 Å². The van der Waals surface area contributed by atoms with Gasteiger partial charge in [-0.3, -0.25) is 4.79 Å². The Balaban J connectivity index is 0.00000242. The third-order valence-corrected chi connectivity index (χ3v) is 3.79. The molecule has 2 aromatic rings. The van der Waals surface area contributed by atoms with E-state index >= 15 is 0 Å². The summed E-state index contributed by atoms with van der Waals surface area (Å²) in [5.41, 5.74) is 0.583. The summed E-state index contributed by atoms with van der Waals surface area (Å²) in [6.07, 6.45) is 2.99. The molecule has 1 aromatic heterocycles. The van der Waals surface area contributed by atoms with Crippen LogP contribution in [-0.2, 0) is 11.3 Å². The predicted molar refractivity (Wildman–Crippen MR) is 88.8 cm³/mol. The van der Waals surface area contributed by atoms with Gasteiger partial charge in [0.25, 0.3) is 0 Å². The van der Waals surface area contributed by atoms with E-state index in [1.807, 2.05) is 18.6 Å². The first-order chi connectivity index (χ1) is 10.2. The summed E-state index contributed by atoms with van der Waals surface area (Å²) in [6.45, 7) is 1.17. The van der Waals surface area contributed by atoms with Crippen molar-refractivity contribution in [3.8, 4) is 0 Å². The second-order valence-electron chi connectivity index (χ2n) is 4.62. The van der Waals surface area contributed by atoms with Crippen molar-refractivity contribution >= 4 is 29.7 Å². The van der Waals surface area contributed by atoms with Gasteiger partial charge in [0.2, 0.25) is 5.91 Å². The molecule has 0 saturated carbocycles. The van der Waals surface area contributed by atoms with Crippen LogP contribution in [0.2, 0.25) is 0 Å². The fourth-order valence-electron chi connectivity index (χ4n) is 1.90. The summed E-state index contributed by atoms with van der Waals surface area (Å²) >= 11 is 1.38. The molecule has 7 heteroatoms. The third-order valence-electron chi connectivity index (χ3n) is 3.00.